The van der Waals surface area contributed by atoms with Crippen LogP contribution < -0.4 is 10.7 Å². The molecule has 0 unspecified atom stereocenters. The molecule has 9 nitrogen and oxygen atoms in total. The van der Waals surface area contributed by atoms with Crippen molar-refractivity contribution in [2.24, 2.45) is 5.10 Å². The molecule has 0 saturated carbocycles. The molecule has 2 N–H and O–H groups in total. The minimum absolute atomic E-state index is 0.00613. The molecule has 0 radical (unpaired) electrons. The van der Waals surface area contributed by atoms with Crippen LogP contribution in [-0.2, 0) is 32.7 Å². The number of aryl methyl sites for hydroxylation is 1. The van der Waals surface area contributed by atoms with Crippen LogP contribution in [0.3, 0.4) is 0 Å². The first-order valence-corrected chi connectivity index (χ1v) is 14.6. The second-order valence-corrected chi connectivity index (χ2v) is 11.9. The van der Waals surface area contributed by atoms with Crippen LogP contribution in [0.25, 0.3) is 0 Å². The Morgan fingerprint density at radius 2 is 1.61 bits per heavy atom. The minimum Gasteiger partial charge on any atom is -0.459 e. The lowest BCUT2D eigenvalue weighted by Gasteiger charge is -2.22. The lowest BCUT2D eigenvalue weighted by Crippen LogP contribution is -2.32. The smallest absolute Gasteiger partial charge is 0.329 e. The number of furan rings is 1. The monoisotopic (exact) mass is 632 g/mol. The summed E-state index contributed by atoms with van der Waals surface area (Å²) in [5.74, 6) is -1.46. The lowest BCUT2D eigenvalue weighted by molar-refractivity contribution is -0.136. The van der Waals surface area contributed by atoms with Gasteiger partial charge in [0.05, 0.1) is 38.4 Å². The fraction of sp³-hybridized carbons (Fsp3) is 0.107. The quantitative estimate of drug-likeness (QED) is 0.133. The molecule has 0 atom stereocenters. The largest absolute Gasteiger partial charge is 0.459 e. The van der Waals surface area contributed by atoms with Crippen molar-refractivity contribution in [2.45, 2.75) is 24.9 Å². The number of nitrogens with one attached hydrogen (secondary N) is 2. The number of carbonyl (C=O) groups is 2. The number of para-hydroxylation sites is 1. The van der Waals surface area contributed by atoms with Crippen LogP contribution in [0.4, 0.5) is 5.69 Å². The molecule has 0 aliphatic heterocycles. The predicted molar refractivity (Wildman–Crippen MR) is 159 cm³/mol. The Hall–Kier alpha value is -3.67. The van der Waals surface area contributed by atoms with Crippen LogP contribution >= 0.6 is 34.8 Å². The number of amides is 2. The van der Waals surface area contributed by atoms with E-state index in [1.54, 1.807) is 66.7 Å². The number of anilines is 1. The zero-order chi connectivity index (χ0) is 29.6. The molecule has 13 heteroatoms. The molecule has 3 aromatic carbocycles. The summed E-state index contributed by atoms with van der Waals surface area (Å²) in [6, 6.07) is 21.0. The maximum absolute atomic E-state index is 13.6. The molecule has 2 amide bonds. The third-order valence-corrected chi connectivity index (χ3v) is 8.58. The molecule has 0 aliphatic carbocycles. The molecule has 4 rings (SSSR count). The van der Waals surface area contributed by atoms with Gasteiger partial charge < -0.3 is 9.73 Å². The van der Waals surface area contributed by atoms with Crippen LogP contribution in [0.1, 0.15) is 22.6 Å². The Balaban J connectivity index is 1.47. The Kier molecular flexibility index (Phi) is 9.85. The highest BCUT2D eigenvalue weighted by Crippen LogP contribution is 2.27. The highest BCUT2D eigenvalue weighted by atomic mass is 35.5. The van der Waals surface area contributed by atoms with Crippen LogP contribution in [0, 0.1) is 6.92 Å². The van der Waals surface area contributed by atoms with Gasteiger partial charge in [0.25, 0.3) is 0 Å². The van der Waals surface area contributed by atoms with Crippen molar-refractivity contribution in [3.05, 3.63) is 117 Å². The number of hydrogen-bond acceptors (Lipinski definition) is 6. The number of halogens is 3. The SMILES string of the molecule is Cc1ccc(S(=O)(=O)N(Cc2ccc(Cl)c(Cl)c2)Cc2ccc(/C=N/NC(=O)C(=O)Nc3ccccc3Cl)o2)cc1. The summed E-state index contributed by atoms with van der Waals surface area (Å²) in [4.78, 5) is 24.3. The van der Waals surface area contributed by atoms with Gasteiger partial charge in [0, 0.05) is 6.54 Å². The molecular weight excluding hydrogens is 611 g/mol. The van der Waals surface area contributed by atoms with Crippen molar-refractivity contribution in [1.29, 1.82) is 0 Å². The normalized spacial score (nSPS) is 11.6. The molecule has 0 fully saturated rings. The summed E-state index contributed by atoms with van der Waals surface area (Å²) in [5.41, 5.74) is 3.92. The van der Waals surface area contributed by atoms with Crippen molar-refractivity contribution in [1.82, 2.24) is 9.73 Å². The Morgan fingerprint density at radius 1 is 0.878 bits per heavy atom. The fourth-order valence-electron chi connectivity index (χ4n) is 3.60. The van der Waals surface area contributed by atoms with Gasteiger partial charge in [-0.05, 0) is 61.0 Å². The van der Waals surface area contributed by atoms with E-state index in [0.717, 1.165) is 5.56 Å². The van der Waals surface area contributed by atoms with E-state index >= 15 is 0 Å². The first kappa shape index (κ1) is 30.3. The molecule has 1 aromatic heterocycles. The summed E-state index contributed by atoms with van der Waals surface area (Å²) < 4.78 is 34.1. The molecule has 41 heavy (non-hydrogen) atoms. The van der Waals surface area contributed by atoms with Crippen molar-refractivity contribution >= 4 is 68.5 Å². The van der Waals surface area contributed by atoms with Crippen molar-refractivity contribution in [2.75, 3.05) is 5.32 Å². The molecule has 0 aliphatic rings. The summed E-state index contributed by atoms with van der Waals surface area (Å²) in [5, 5.41) is 7.05. The van der Waals surface area contributed by atoms with E-state index in [4.69, 9.17) is 39.2 Å². The molecule has 1 heterocycles. The van der Waals surface area contributed by atoms with E-state index in [1.165, 1.54) is 22.7 Å². The molecule has 4 aromatic rings. The van der Waals surface area contributed by atoms with E-state index in [2.05, 4.69) is 15.8 Å². The zero-order valence-electron chi connectivity index (χ0n) is 21.5. The van der Waals surface area contributed by atoms with Gasteiger partial charge in [-0.15, -0.1) is 0 Å². The van der Waals surface area contributed by atoms with Gasteiger partial charge >= 0.3 is 11.8 Å². The number of nitrogens with zero attached hydrogens (tertiary/aromatic N) is 2. The molecule has 0 saturated heterocycles. The van der Waals surface area contributed by atoms with E-state index in [-0.39, 0.29) is 34.5 Å². The fourth-order valence-corrected chi connectivity index (χ4v) is 5.49. The molecular formula is C28H23Cl3N4O5S. The van der Waals surface area contributed by atoms with Gasteiger partial charge in [-0.3, -0.25) is 9.59 Å². The topological polar surface area (TPSA) is 121 Å². The Labute approximate surface area is 251 Å². The Bertz CT molecular complexity index is 1710. The molecule has 0 bridgehead atoms. The van der Waals surface area contributed by atoms with Gasteiger partial charge in [-0.1, -0.05) is 70.7 Å². The third-order valence-electron chi connectivity index (χ3n) is 5.70. The van der Waals surface area contributed by atoms with E-state index < -0.39 is 21.8 Å². The highest BCUT2D eigenvalue weighted by Gasteiger charge is 2.26. The van der Waals surface area contributed by atoms with Crippen LogP contribution in [0.2, 0.25) is 15.1 Å². The van der Waals surface area contributed by atoms with Crippen LogP contribution in [0.15, 0.2) is 93.3 Å². The molecule has 0 spiro atoms. The van der Waals surface area contributed by atoms with Crippen LogP contribution in [-0.4, -0.2) is 30.8 Å². The van der Waals surface area contributed by atoms with Gasteiger partial charge in [0.1, 0.15) is 11.5 Å². The summed E-state index contributed by atoms with van der Waals surface area (Å²) >= 11 is 18.2. The van der Waals surface area contributed by atoms with Gasteiger partial charge in [0.15, 0.2) is 0 Å². The maximum atomic E-state index is 13.6. The average molecular weight is 634 g/mol. The van der Waals surface area contributed by atoms with E-state index in [0.29, 0.717) is 21.4 Å². The first-order valence-electron chi connectivity index (χ1n) is 12.0. The summed E-state index contributed by atoms with van der Waals surface area (Å²) in [7, 11) is -3.94. The van der Waals surface area contributed by atoms with Gasteiger partial charge in [-0.25, -0.2) is 13.8 Å². The predicted octanol–water partition coefficient (Wildman–Crippen LogP) is 6.03. The second kappa shape index (κ2) is 13.3. The van der Waals surface area contributed by atoms with E-state index in [1.807, 2.05) is 6.92 Å². The van der Waals surface area contributed by atoms with Crippen molar-refractivity contribution in [3.63, 3.8) is 0 Å². The maximum Gasteiger partial charge on any atom is 0.329 e. The first-order chi connectivity index (χ1) is 19.5. The number of hydrogen-bond donors (Lipinski definition) is 2. The van der Waals surface area contributed by atoms with E-state index in [9.17, 15) is 18.0 Å². The molecule has 212 valence electrons. The highest BCUT2D eigenvalue weighted by molar-refractivity contribution is 7.89. The van der Waals surface area contributed by atoms with Gasteiger partial charge in [0.2, 0.25) is 10.0 Å². The summed E-state index contributed by atoms with van der Waals surface area (Å²) in [6.07, 6.45) is 1.18. The number of hydrazone groups is 1. The third kappa shape index (κ3) is 7.96. The number of benzene rings is 3. The van der Waals surface area contributed by atoms with Crippen LogP contribution in [0.5, 0.6) is 0 Å². The zero-order valence-corrected chi connectivity index (χ0v) is 24.6. The minimum atomic E-state index is -3.94. The number of sulfonamides is 1. The number of rotatable bonds is 9. The lowest BCUT2D eigenvalue weighted by atomic mass is 10.2. The number of carbonyl (C=O) groups excluding carboxylic acids is 2. The Morgan fingerprint density at radius 3 is 2.32 bits per heavy atom. The van der Waals surface area contributed by atoms with Gasteiger partial charge in [-0.2, -0.15) is 9.41 Å². The summed E-state index contributed by atoms with van der Waals surface area (Å²) in [6.45, 7) is 1.74. The average Bonchev–Trinajstić information content (AvgIpc) is 3.39. The van der Waals surface area contributed by atoms with Crippen molar-refractivity contribution < 1.29 is 22.4 Å². The second-order valence-electron chi connectivity index (χ2n) is 8.77. The standard InChI is InChI=1S/C28H23Cl3N4O5S/c1-18-6-11-22(12-7-18)41(38,39)35(16-19-8-13-23(29)25(31)14-19)17-21-10-9-20(40-21)15-32-34-28(37)27(36)33-26-5-3-2-4-24(26)30/h2-15H,16-17H2,1H3,(H,33,36)(H,34,37)/b32-15+. The van der Waals surface area contributed by atoms with Crippen molar-refractivity contribution in [3.8, 4) is 0 Å².